The van der Waals surface area contributed by atoms with Crippen molar-refractivity contribution in [1.82, 2.24) is 29.3 Å². The molecule has 35 heavy (non-hydrogen) atoms. The monoisotopic (exact) mass is 492 g/mol. The number of piperidine rings is 1. The summed E-state index contributed by atoms with van der Waals surface area (Å²) in [6.07, 6.45) is 1.41. The van der Waals surface area contributed by atoms with Crippen LogP contribution < -0.4 is 5.56 Å². The second-order valence-electron chi connectivity index (χ2n) is 9.32. The summed E-state index contributed by atoms with van der Waals surface area (Å²) in [6, 6.07) is 13.1. The van der Waals surface area contributed by atoms with Crippen LogP contribution in [0.25, 0.3) is 11.2 Å². The number of hydrogen-bond acceptors (Lipinski definition) is 6. The Hall–Kier alpha value is -3.37. The van der Waals surface area contributed by atoms with Crippen LogP contribution in [0.5, 0.6) is 0 Å². The molecule has 0 aliphatic carbocycles. The van der Waals surface area contributed by atoms with Crippen LogP contribution in [0.4, 0.5) is 0 Å². The van der Waals surface area contributed by atoms with E-state index in [0.717, 1.165) is 28.7 Å². The van der Waals surface area contributed by atoms with Gasteiger partial charge in [0.05, 0.1) is 11.4 Å². The van der Waals surface area contributed by atoms with Crippen LogP contribution in [0.3, 0.4) is 0 Å². The smallest absolute Gasteiger partial charge is 0.281 e. The van der Waals surface area contributed by atoms with E-state index in [0.29, 0.717) is 31.0 Å². The summed E-state index contributed by atoms with van der Waals surface area (Å²) in [5.41, 5.74) is 4.56. The molecule has 182 valence electrons. The van der Waals surface area contributed by atoms with Crippen LogP contribution >= 0.6 is 0 Å². The Labute approximate surface area is 203 Å². The van der Waals surface area contributed by atoms with E-state index in [9.17, 15) is 13.2 Å². The van der Waals surface area contributed by atoms with Gasteiger partial charge in [0.15, 0.2) is 11.2 Å². The second kappa shape index (κ2) is 9.01. The first kappa shape index (κ1) is 23.4. The van der Waals surface area contributed by atoms with Gasteiger partial charge in [0.25, 0.3) is 5.56 Å². The maximum Gasteiger partial charge on any atom is 0.281 e. The molecule has 1 aliphatic rings. The lowest BCUT2D eigenvalue weighted by molar-refractivity contribution is 0.309. The fraction of sp³-hybridized carbons (Fsp3) is 0.360. The molecule has 1 unspecified atom stereocenters. The summed E-state index contributed by atoms with van der Waals surface area (Å²) in [7, 11) is -3.64. The van der Waals surface area contributed by atoms with Gasteiger partial charge in [-0.25, -0.2) is 18.1 Å². The molecule has 2 aromatic carbocycles. The Balaban J connectivity index is 1.46. The predicted octanol–water partition coefficient (Wildman–Crippen LogP) is 3.06. The fourth-order valence-corrected chi connectivity index (χ4v) is 6.08. The lowest BCUT2D eigenvalue weighted by Crippen LogP contribution is -2.39. The molecule has 2 aromatic heterocycles. The highest BCUT2D eigenvalue weighted by Gasteiger charge is 2.32. The molecule has 10 heteroatoms. The first-order valence-corrected chi connectivity index (χ1v) is 13.1. The Bertz CT molecular complexity index is 1560. The van der Waals surface area contributed by atoms with Gasteiger partial charge in [0.1, 0.15) is 5.82 Å². The second-order valence-corrected chi connectivity index (χ2v) is 11.3. The number of aromatic nitrogens is 5. The van der Waals surface area contributed by atoms with E-state index in [1.807, 2.05) is 20.8 Å². The number of rotatable bonds is 5. The van der Waals surface area contributed by atoms with Gasteiger partial charge >= 0.3 is 0 Å². The number of sulfonamides is 1. The van der Waals surface area contributed by atoms with Gasteiger partial charge in [-0.1, -0.05) is 46.7 Å². The zero-order valence-corrected chi connectivity index (χ0v) is 20.8. The van der Waals surface area contributed by atoms with Crippen LogP contribution in [0, 0.1) is 20.8 Å². The number of aromatic amines is 1. The van der Waals surface area contributed by atoms with Gasteiger partial charge in [-0.2, -0.15) is 4.31 Å². The van der Waals surface area contributed by atoms with E-state index >= 15 is 0 Å². The lowest BCUT2D eigenvalue weighted by atomic mass is 9.99. The summed E-state index contributed by atoms with van der Waals surface area (Å²) >= 11 is 0. The number of fused-ring (bicyclic) bond motifs is 1. The Kier molecular flexibility index (Phi) is 6.02. The van der Waals surface area contributed by atoms with Crippen molar-refractivity contribution >= 4 is 21.2 Å². The van der Waals surface area contributed by atoms with Crippen LogP contribution in [-0.4, -0.2) is 50.8 Å². The van der Waals surface area contributed by atoms with Crippen LogP contribution in [0.1, 0.15) is 46.8 Å². The van der Waals surface area contributed by atoms with E-state index in [4.69, 9.17) is 4.98 Å². The van der Waals surface area contributed by atoms with Crippen molar-refractivity contribution in [3.05, 3.63) is 80.9 Å². The zero-order valence-electron chi connectivity index (χ0n) is 20.0. The molecule has 0 radical (unpaired) electrons. The lowest BCUT2D eigenvalue weighted by Gasteiger charge is -2.31. The van der Waals surface area contributed by atoms with Crippen LogP contribution in [0.2, 0.25) is 0 Å². The highest BCUT2D eigenvalue weighted by atomic mass is 32.2. The third-order valence-corrected chi connectivity index (χ3v) is 8.53. The van der Waals surface area contributed by atoms with Crippen LogP contribution in [0.15, 0.2) is 52.2 Å². The van der Waals surface area contributed by atoms with Crippen molar-refractivity contribution in [3.63, 3.8) is 0 Å². The molecule has 0 spiro atoms. The van der Waals surface area contributed by atoms with Crippen molar-refractivity contribution < 1.29 is 8.42 Å². The Morgan fingerprint density at radius 3 is 2.57 bits per heavy atom. The van der Waals surface area contributed by atoms with Gasteiger partial charge in [0.2, 0.25) is 10.0 Å². The van der Waals surface area contributed by atoms with Crippen molar-refractivity contribution in [1.29, 1.82) is 0 Å². The number of nitrogens with zero attached hydrogens (tertiary/aromatic N) is 5. The average Bonchev–Trinajstić information content (AvgIpc) is 3.25. The highest BCUT2D eigenvalue weighted by Crippen LogP contribution is 2.29. The maximum atomic E-state index is 13.2. The van der Waals surface area contributed by atoms with Crippen LogP contribution in [-0.2, 0) is 16.6 Å². The molecule has 9 nitrogen and oxygen atoms in total. The normalized spacial score (nSPS) is 17.2. The summed E-state index contributed by atoms with van der Waals surface area (Å²) in [4.78, 5) is 20.7. The molecule has 0 saturated carbocycles. The minimum absolute atomic E-state index is 0.180. The van der Waals surface area contributed by atoms with Crippen molar-refractivity contribution in [2.24, 2.45) is 0 Å². The van der Waals surface area contributed by atoms with Gasteiger partial charge < -0.3 is 4.98 Å². The van der Waals surface area contributed by atoms with Gasteiger partial charge in [-0.3, -0.25) is 4.79 Å². The van der Waals surface area contributed by atoms with Gasteiger partial charge in [-0.15, -0.1) is 5.10 Å². The van der Waals surface area contributed by atoms with Crippen molar-refractivity contribution in [2.75, 3.05) is 13.1 Å². The van der Waals surface area contributed by atoms with Crippen molar-refractivity contribution in [2.45, 2.75) is 51.0 Å². The Morgan fingerprint density at radius 2 is 1.80 bits per heavy atom. The number of aryl methyl sites for hydroxylation is 3. The summed E-state index contributed by atoms with van der Waals surface area (Å²) < 4.78 is 29.6. The third kappa shape index (κ3) is 4.51. The summed E-state index contributed by atoms with van der Waals surface area (Å²) in [6.45, 7) is 7.12. The van der Waals surface area contributed by atoms with E-state index in [1.165, 1.54) is 4.31 Å². The first-order chi connectivity index (χ1) is 16.7. The maximum absolute atomic E-state index is 13.2. The van der Waals surface area contributed by atoms with E-state index in [2.05, 4.69) is 33.5 Å². The number of benzene rings is 2. The first-order valence-electron chi connectivity index (χ1n) is 11.7. The fourth-order valence-electron chi connectivity index (χ4n) is 4.56. The molecule has 5 rings (SSSR count). The number of H-pyrrole nitrogens is 1. The molecule has 3 heterocycles. The molecule has 1 saturated heterocycles. The number of nitrogens with one attached hydrogen (secondary N) is 1. The molecular weight excluding hydrogens is 464 g/mol. The molecule has 1 aliphatic heterocycles. The number of hydrogen-bond donors (Lipinski definition) is 1. The SMILES string of the molecule is Cc1ccc(S(=O)(=O)N2CCCC(c3nc4c(nnn4Cc4cc(C)ccc4C)c(=O)[nH]3)C2)cc1. The van der Waals surface area contributed by atoms with E-state index in [-0.39, 0.29) is 28.4 Å². The quantitative estimate of drug-likeness (QED) is 0.458. The molecule has 4 aromatic rings. The topological polar surface area (TPSA) is 114 Å². The summed E-state index contributed by atoms with van der Waals surface area (Å²) in [5.74, 6) is 0.237. The van der Waals surface area contributed by atoms with E-state index in [1.54, 1.807) is 28.9 Å². The average molecular weight is 493 g/mol. The molecular formula is C25H28N6O3S. The minimum Gasteiger partial charge on any atom is -0.308 e. The minimum atomic E-state index is -3.64. The third-order valence-electron chi connectivity index (χ3n) is 6.65. The molecule has 1 fully saturated rings. The summed E-state index contributed by atoms with van der Waals surface area (Å²) in [5, 5.41) is 8.24. The standard InChI is InChI=1S/C25H28N6O3S/c1-16-7-10-21(11-8-16)35(33,34)30-12-4-5-19(14-30)23-26-24-22(25(32)27-23)28-29-31(24)15-20-13-17(2)6-9-18(20)3/h6-11,13,19H,4-5,12,14-15H2,1-3H3,(H,26,27,32). The molecule has 1 N–H and O–H groups in total. The zero-order chi connectivity index (χ0) is 24.7. The largest absolute Gasteiger partial charge is 0.308 e. The molecule has 1 atom stereocenters. The highest BCUT2D eigenvalue weighted by molar-refractivity contribution is 7.89. The van der Waals surface area contributed by atoms with Gasteiger partial charge in [0, 0.05) is 19.0 Å². The van der Waals surface area contributed by atoms with E-state index < -0.39 is 10.0 Å². The molecule has 0 bridgehead atoms. The molecule has 0 amide bonds. The van der Waals surface area contributed by atoms with Crippen molar-refractivity contribution in [3.8, 4) is 0 Å². The Morgan fingerprint density at radius 1 is 1.06 bits per heavy atom. The predicted molar refractivity (Wildman–Crippen MR) is 133 cm³/mol. The van der Waals surface area contributed by atoms with Gasteiger partial charge in [-0.05, 0) is 56.9 Å².